The second-order valence-corrected chi connectivity index (χ2v) is 16.6. The zero-order valence-corrected chi connectivity index (χ0v) is 25.3. The summed E-state index contributed by atoms with van der Waals surface area (Å²) in [6.07, 6.45) is 0. The molecule has 4 nitrogen and oxygen atoms in total. The second kappa shape index (κ2) is 8.87. The topological polar surface area (TPSA) is 13.0 Å². The molecule has 174 valence electrons. The van der Waals surface area contributed by atoms with E-state index in [9.17, 15) is 0 Å². The number of fused-ring (bicyclic) bond motifs is 2. The SMILES string of the molecule is CC(C)(C)C[N]1[Ge][N](c2cccc([N]3[Ge][N](CC(C)(C)C)c4ccccc43)c2)c2ccccc21. The molecular formula is C28H34Ge2N4. The Balaban J connectivity index is 1.47. The number of nitrogens with zero attached hydrogens (tertiary/aromatic N) is 4. The zero-order valence-electron chi connectivity index (χ0n) is 21.1. The fraction of sp³-hybridized carbons (Fsp3) is 0.357. The Bertz CT molecular complexity index is 1090. The van der Waals surface area contributed by atoms with Crippen LogP contribution in [0.1, 0.15) is 41.5 Å². The third-order valence-electron chi connectivity index (χ3n) is 5.88. The zero-order chi connectivity index (χ0) is 24.1. The van der Waals surface area contributed by atoms with Crippen molar-refractivity contribution in [3.63, 3.8) is 0 Å². The third kappa shape index (κ3) is 4.85. The van der Waals surface area contributed by atoms with E-state index in [4.69, 9.17) is 0 Å². The summed E-state index contributed by atoms with van der Waals surface area (Å²) in [7, 11) is 0. The summed E-state index contributed by atoms with van der Waals surface area (Å²) in [5, 5.41) is 0. The second-order valence-electron chi connectivity index (χ2n) is 11.7. The molecule has 6 heteroatoms. The number of para-hydroxylation sites is 4. The molecule has 2 aliphatic rings. The Hall–Kier alpha value is -2.05. The molecule has 5 rings (SSSR count). The minimum absolute atomic E-state index is 0.273. The van der Waals surface area contributed by atoms with Crippen molar-refractivity contribution < 1.29 is 0 Å². The van der Waals surface area contributed by atoms with Crippen molar-refractivity contribution in [2.24, 2.45) is 10.8 Å². The third-order valence-corrected chi connectivity index (χ3v) is 11.5. The molecule has 0 atom stereocenters. The van der Waals surface area contributed by atoms with Crippen molar-refractivity contribution in [1.29, 1.82) is 0 Å². The van der Waals surface area contributed by atoms with E-state index in [1.807, 2.05) is 0 Å². The van der Waals surface area contributed by atoms with Gasteiger partial charge in [-0.1, -0.05) is 0 Å². The van der Waals surface area contributed by atoms with Crippen LogP contribution in [0.4, 0.5) is 34.1 Å². The molecule has 0 fully saturated rings. The Kier molecular flexibility index (Phi) is 6.17. The van der Waals surface area contributed by atoms with Gasteiger partial charge in [-0.25, -0.2) is 0 Å². The van der Waals surface area contributed by atoms with Crippen molar-refractivity contribution in [3.8, 4) is 0 Å². The number of anilines is 6. The van der Waals surface area contributed by atoms with Gasteiger partial charge in [-0.2, -0.15) is 0 Å². The van der Waals surface area contributed by atoms with Crippen LogP contribution < -0.4 is 15.4 Å². The normalized spacial score (nSPS) is 15.7. The number of hydrogen-bond acceptors (Lipinski definition) is 4. The molecule has 0 aliphatic carbocycles. The first-order valence-corrected chi connectivity index (χ1v) is 15.8. The average molecular weight is 572 g/mol. The predicted molar refractivity (Wildman–Crippen MR) is 149 cm³/mol. The van der Waals surface area contributed by atoms with E-state index >= 15 is 0 Å². The molecule has 0 bridgehead atoms. The van der Waals surface area contributed by atoms with Crippen LogP contribution in [-0.2, 0) is 0 Å². The first-order valence-electron chi connectivity index (χ1n) is 12.1. The van der Waals surface area contributed by atoms with Gasteiger partial charge in [0.25, 0.3) is 0 Å². The molecule has 3 aromatic carbocycles. The Morgan fingerprint density at radius 2 is 0.912 bits per heavy atom. The molecular weight excluding hydrogens is 538 g/mol. The van der Waals surface area contributed by atoms with Crippen molar-refractivity contribution in [1.82, 2.24) is 0 Å². The maximum absolute atomic E-state index is 2.64. The van der Waals surface area contributed by atoms with Gasteiger partial charge in [-0.15, -0.1) is 0 Å². The van der Waals surface area contributed by atoms with E-state index in [2.05, 4.69) is 130 Å². The van der Waals surface area contributed by atoms with Gasteiger partial charge in [0.15, 0.2) is 0 Å². The van der Waals surface area contributed by atoms with Crippen molar-refractivity contribution in [3.05, 3.63) is 72.8 Å². The average Bonchev–Trinajstić information content (AvgIpc) is 3.31. The standard InChI is InChI=1S/C28H34Ge2N4/c1-27(2,3)19-31-23-14-7-9-16-25(23)33(29-31)21-12-11-13-22(18-21)34-26-17-10-8-15-24(26)32(30-34)20-28(4,5)6/h7-18H,19-20H2,1-6H3. The van der Waals surface area contributed by atoms with Crippen LogP contribution in [0.25, 0.3) is 0 Å². The van der Waals surface area contributed by atoms with Gasteiger partial charge < -0.3 is 0 Å². The minimum atomic E-state index is -0.489. The number of benzene rings is 3. The summed E-state index contributed by atoms with van der Waals surface area (Å²) < 4.78 is 10.5. The molecule has 4 radical (unpaired) electrons. The first kappa shape index (κ1) is 23.7. The molecule has 0 unspecified atom stereocenters. The molecule has 2 heterocycles. The van der Waals surface area contributed by atoms with E-state index in [0.29, 0.717) is 0 Å². The molecule has 0 N–H and O–H groups in total. The number of rotatable bonds is 4. The van der Waals surface area contributed by atoms with E-state index in [-0.39, 0.29) is 10.8 Å². The van der Waals surface area contributed by atoms with E-state index < -0.39 is 31.8 Å². The molecule has 3 aromatic rings. The van der Waals surface area contributed by atoms with E-state index in [1.54, 1.807) is 0 Å². The van der Waals surface area contributed by atoms with Gasteiger partial charge in [-0.05, 0) is 0 Å². The van der Waals surface area contributed by atoms with Crippen LogP contribution in [0.15, 0.2) is 72.8 Å². The summed E-state index contributed by atoms with van der Waals surface area (Å²) in [5.41, 5.74) is 8.68. The van der Waals surface area contributed by atoms with Crippen LogP contribution in [0, 0.1) is 10.8 Å². The summed E-state index contributed by atoms with van der Waals surface area (Å²) >= 11 is -0.978. The van der Waals surface area contributed by atoms with Crippen LogP contribution in [0.3, 0.4) is 0 Å². The summed E-state index contributed by atoms with van der Waals surface area (Å²) in [4.78, 5) is 0. The number of hydrogen-bond donors (Lipinski definition) is 0. The molecule has 2 aliphatic heterocycles. The van der Waals surface area contributed by atoms with Gasteiger partial charge in [0, 0.05) is 0 Å². The monoisotopic (exact) mass is 574 g/mol. The predicted octanol–water partition coefficient (Wildman–Crippen LogP) is 6.76. The Morgan fingerprint density at radius 1 is 0.529 bits per heavy atom. The van der Waals surface area contributed by atoms with Crippen LogP contribution in [-0.4, -0.2) is 44.8 Å². The van der Waals surface area contributed by atoms with E-state index in [0.717, 1.165) is 13.1 Å². The summed E-state index contributed by atoms with van der Waals surface area (Å²) in [6.45, 7) is 16.2. The van der Waals surface area contributed by atoms with Gasteiger partial charge in [-0.3, -0.25) is 0 Å². The quantitative estimate of drug-likeness (QED) is 0.321. The Labute approximate surface area is 218 Å². The van der Waals surface area contributed by atoms with Gasteiger partial charge in [0.05, 0.1) is 0 Å². The fourth-order valence-electron chi connectivity index (χ4n) is 4.57. The molecule has 0 aromatic heterocycles. The summed E-state index contributed by atoms with van der Waals surface area (Å²) in [5.74, 6) is 0. The van der Waals surface area contributed by atoms with Crippen molar-refractivity contribution in [2.45, 2.75) is 41.5 Å². The van der Waals surface area contributed by atoms with E-state index in [1.165, 1.54) is 34.1 Å². The fourth-order valence-corrected chi connectivity index (χ4v) is 11.4. The Morgan fingerprint density at radius 3 is 1.29 bits per heavy atom. The van der Waals surface area contributed by atoms with Gasteiger partial charge in [0.1, 0.15) is 0 Å². The maximum atomic E-state index is 2.64. The van der Waals surface area contributed by atoms with Crippen LogP contribution in [0.2, 0.25) is 0 Å². The molecule has 0 spiro atoms. The van der Waals surface area contributed by atoms with Crippen LogP contribution in [0.5, 0.6) is 0 Å². The van der Waals surface area contributed by atoms with Crippen LogP contribution >= 0.6 is 0 Å². The molecule has 0 saturated heterocycles. The first-order chi connectivity index (χ1) is 16.1. The van der Waals surface area contributed by atoms with Gasteiger partial charge >= 0.3 is 220 Å². The molecule has 0 amide bonds. The van der Waals surface area contributed by atoms with Gasteiger partial charge in [0.2, 0.25) is 0 Å². The molecule has 0 saturated carbocycles. The van der Waals surface area contributed by atoms with Crippen molar-refractivity contribution in [2.75, 3.05) is 28.5 Å². The molecule has 34 heavy (non-hydrogen) atoms. The van der Waals surface area contributed by atoms with Crippen molar-refractivity contribution >= 4 is 65.9 Å². The summed E-state index contributed by atoms with van der Waals surface area (Å²) in [6, 6.07) is 27.1.